The van der Waals surface area contributed by atoms with Crippen LogP contribution in [-0.4, -0.2) is 9.78 Å². The Morgan fingerprint density at radius 2 is 2.00 bits per heavy atom. The number of nitrogens with zero attached hydrogens (tertiary/aromatic N) is 2. The van der Waals surface area contributed by atoms with Gasteiger partial charge in [0.15, 0.2) is 0 Å². The van der Waals surface area contributed by atoms with Gasteiger partial charge in [0.25, 0.3) is 0 Å². The van der Waals surface area contributed by atoms with Crippen LogP contribution in [-0.2, 0) is 19.4 Å². The van der Waals surface area contributed by atoms with Gasteiger partial charge in [-0.3, -0.25) is 4.68 Å². The lowest BCUT2D eigenvalue weighted by atomic mass is 10.2. The zero-order chi connectivity index (χ0) is 13.2. The minimum Gasteiger partial charge on any atom is -0.265 e. The fraction of sp³-hybridized carbons (Fsp3) is 0.312. The van der Waals surface area contributed by atoms with Crippen molar-refractivity contribution in [2.45, 2.75) is 33.2 Å². The Bertz CT molecular complexity index is 694. The van der Waals surface area contributed by atoms with Gasteiger partial charge in [-0.25, -0.2) is 0 Å². The summed E-state index contributed by atoms with van der Waals surface area (Å²) in [6.07, 6.45) is 2.04. The molecule has 0 saturated heterocycles. The lowest BCUT2D eigenvalue weighted by Gasteiger charge is -2.05. The van der Waals surface area contributed by atoms with Gasteiger partial charge in [0, 0.05) is 10.4 Å². The molecule has 0 amide bonds. The van der Waals surface area contributed by atoms with Crippen LogP contribution in [0.2, 0.25) is 0 Å². The van der Waals surface area contributed by atoms with Crippen LogP contribution >= 0.6 is 11.3 Å². The Balaban J connectivity index is 1.98. The normalized spacial score (nSPS) is 11.3. The summed E-state index contributed by atoms with van der Waals surface area (Å²) in [6.45, 7) is 5.23. The molecule has 0 unspecified atom stereocenters. The van der Waals surface area contributed by atoms with E-state index in [1.807, 2.05) is 11.3 Å². The monoisotopic (exact) mass is 270 g/mol. The molecule has 0 N–H and O–H groups in total. The average molecular weight is 270 g/mol. The van der Waals surface area contributed by atoms with Gasteiger partial charge in [-0.15, -0.1) is 11.3 Å². The highest BCUT2D eigenvalue weighted by atomic mass is 32.1. The van der Waals surface area contributed by atoms with Gasteiger partial charge in [-0.1, -0.05) is 32.0 Å². The topological polar surface area (TPSA) is 17.8 Å². The number of benzene rings is 1. The van der Waals surface area contributed by atoms with Crippen molar-refractivity contribution in [2.24, 2.45) is 0 Å². The summed E-state index contributed by atoms with van der Waals surface area (Å²) < 4.78 is 3.52. The van der Waals surface area contributed by atoms with Crippen molar-refractivity contribution >= 4 is 21.4 Å². The predicted molar refractivity (Wildman–Crippen MR) is 81.9 cm³/mol. The van der Waals surface area contributed by atoms with Gasteiger partial charge in [-0.05, 0) is 41.3 Å². The summed E-state index contributed by atoms with van der Waals surface area (Å²) in [5.41, 5.74) is 3.89. The second kappa shape index (κ2) is 5.17. The zero-order valence-electron chi connectivity index (χ0n) is 11.4. The first kappa shape index (κ1) is 12.4. The smallest absolute Gasteiger partial charge is 0.0676 e. The average Bonchev–Trinajstić information content (AvgIpc) is 3.04. The molecule has 0 aliphatic heterocycles. The van der Waals surface area contributed by atoms with E-state index in [0.717, 1.165) is 19.4 Å². The Kier molecular flexibility index (Phi) is 3.38. The van der Waals surface area contributed by atoms with Crippen molar-refractivity contribution in [3.05, 3.63) is 52.7 Å². The number of hydrogen-bond acceptors (Lipinski definition) is 2. The molecule has 3 aromatic rings. The molecule has 0 fully saturated rings. The SMILES string of the molecule is CCc1cc(CC)n(Cc2csc3ccccc23)n1. The van der Waals surface area contributed by atoms with Gasteiger partial charge in [0.05, 0.1) is 12.2 Å². The molecular formula is C16H18N2S. The highest BCUT2D eigenvalue weighted by Crippen LogP contribution is 2.26. The molecule has 0 atom stereocenters. The van der Waals surface area contributed by atoms with E-state index in [1.165, 1.54) is 27.0 Å². The molecule has 2 aromatic heterocycles. The molecule has 19 heavy (non-hydrogen) atoms. The summed E-state index contributed by atoms with van der Waals surface area (Å²) in [5.74, 6) is 0. The first-order chi connectivity index (χ1) is 9.31. The van der Waals surface area contributed by atoms with Crippen LogP contribution in [0.3, 0.4) is 0 Å². The molecule has 0 aliphatic carbocycles. The highest BCUT2D eigenvalue weighted by molar-refractivity contribution is 7.17. The molecule has 0 spiro atoms. The van der Waals surface area contributed by atoms with Crippen LogP contribution in [0.4, 0.5) is 0 Å². The minimum absolute atomic E-state index is 0.882. The van der Waals surface area contributed by atoms with E-state index in [2.05, 4.69) is 54.2 Å². The molecule has 3 rings (SSSR count). The van der Waals surface area contributed by atoms with E-state index < -0.39 is 0 Å². The van der Waals surface area contributed by atoms with Crippen molar-refractivity contribution < 1.29 is 0 Å². The lowest BCUT2D eigenvalue weighted by Crippen LogP contribution is -2.05. The molecule has 98 valence electrons. The van der Waals surface area contributed by atoms with Crippen molar-refractivity contribution in [2.75, 3.05) is 0 Å². The molecule has 2 nitrogen and oxygen atoms in total. The first-order valence-corrected chi connectivity index (χ1v) is 7.70. The number of thiophene rings is 1. The van der Waals surface area contributed by atoms with Crippen LogP contribution in [0.1, 0.15) is 30.8 Å². The second-order valence-electron chi connectivity index (χ2n) is 4.75. The van der Waals surface area contributed by atoms with Crippen molar-refractivity contribution in [3.63, 3.8) is 0 Å². The number of hydrogen-bond donors (Lipinski definition) is 0. The summed E-state index contributed by atoms with van der Waals surface area (Å²) in [5, 5.41) is 8.33. The van der Waals surface area contributed by atoms with Crippen molar-refractivity contribution in [1.82, 2.24) is 9.78 Å². The molecule has 0 radical (unpaired) electrons. The summed E-state index contributed by atoms with van der Waals surface area (Å²) >= 11 is 1.82. The van der Waals surface area contributed by atoms with Crippen LogP contribution in [0.5, 0.6) is 0 Å². The Labute approximate surface area is 117 Å². The maximum atomic E-state index is 4.70. The molecule has 3 heteroatoms. The minimum atomic E-state index is 0.882. The van der Waals surface area contributed by atoms with Crippen LogP contribution in [0, 0.1) is 0 Å². The number of aromatic nitrogens is 2. The lowest BCUT2D eigenvalue weighted by molar-refractivity contribution is 0.644. The molecule has 1 aromatic carbocycles. The van der Waals surface area contributed by atoms with Crippen LogP contribution < -0.4 is 0 Å². The number of aryl methyl sites for hydroxylation is 2. The highest BCUT2D eigenvalue weighted by Gasteiger charge is 2.09. The van der Waals surface area contributed by atoms with Gasteiger partial charge in [-0.2, -0.15) is 5.10 Å². The molecule has 2 heterocycles. The van der Waals surface area contributed by atoms with E-state index in [0.29, 0.717) is 0 Å². The third-order valence-electron chi connectivity index (χ3n) is 3.52. The van der Waals surface area contributed by atoms with Gasteiger partial charge < -0.3 is 0 Å². The predicted octanol–water partition coefficient (Wildman–Crippen LogP) is 4.27. The van der Waals surface area contributed by atoms with Gasteiger partial charge >= 0.3 is 0 Å². The number of rotatable bonds is 4. The quantitative estimate of drug-likeness (QED) is 0.692. The third kappa shape index (κ3) is 2.30. The zero-order valence-corrected chi connectivity index (χ0v) is 12.2. The fourth-order valence-corrected chi connectivity index (χ4v) is 3.38. The van der Waals surface area contributed by atoms with Crippen molar-refractivity contribution in [1.29, 1.82) is 0 Å². The Morgan fingerprint density at radius 3 is 2.79 bits per heavy atom. The summed E-state index contributed by atoms with van der Waals surface area (Å²) in [6, 6.07) is 10.8. The molecular weight excluding hydrogens is 252 g/mol. The Hall–Kier alpha value is -1.61. The third-order valence-corrected chi connectivity index (χ3v) is 4.53. The molecule has 0 aliphatic rings. The summed E-state index contributed by atoms with van der Waals surface area (Å²) in [4.78, 5) is 0. The van der Waals surface area contributed by atoms with Crippen LogP contribution in [0.25, 0.3) is 10.1 Å². The largest absolute Gasteiger partial charge is 0.265 e. The van der Waals surface area contributed by atoms with Gasteiger partial charge in [0.2, 0.25) is 0 Å². The summed E-state index contributed by atoms with van der Waals surface area (Å²) in [7, 11) is 0. The van der Waals surface area contributed by atoms with E-state index >= 15 is 0 Å². The van der Waals surface area contributed by atoms with E-state index in [1.54, 1.807) is 0 Å². The van der Waals surface area contributed by atoms with E-state index in [4.69, 9.17) is 5.10 Å². The standard InChI is InChI=1S/C16H18N2S/c1-3-13-9-14(4-2)18(17-13)10-12-11-19-16-8-6-5-7-15(12)16/h5-9,11H,3-4,10H2,1-2H3. The molecule has 0 bridgehead atoms. The first-order valence-electron chi connectivity index (χ1n) is 6.82. The maximum absolute atomic E-state index is 4.70. The number of fused-ring (bicyclic) bond motifs is 1. The maximum Gasteiger partial charge on any atom is 0.0676 e. The van der Waals surface area contributed by atoms with Gasteiger partial charge in [0.1, 0.15) is 0 Å². The molecule has 0 saturated carbocycles. The Morgan fingerprint density at radius 1 is 1.16 bits per heavy atom. The van der Waals surface area contributed by atoms with Crippen molar-refractivity contribution in [3.8, 4) is 0 Å². The van der Waals surface area contributed by atoms with E-state index in [-0.39, 0.29) is 0 Å². The second-order valence-corrected chi connectivity index (χ2v) is 5.66. The van der Waals surface area contributed by atoms with Crippen LogP contribution in [0.15, 0.2) is 35.7 Å². The van der Waals surface area contributed by atoms with E-state index in [9.17, 15) is 0 Å². The fourth-order valence-electron chi connectivity index (χ4n) is 2.43.